The highest BCUT2D eigenvalue weighted by Crippen LogP contribution is 2.31. The molecule has 3 saturated heterocycles. The highest BCUT2D eigenvalue weighted by molar-refractivity contribution is 4.80. The van der Waals surface area contributed by atoms with Gasteiger partial charge in [-0.15, -0.1) is 0 Å². The van der Waals surface area contributed by atoms with E-state index in [0.29, 0.717) is 0 Å². The normalized spacial score (nSPS) is 28.8. The highest BCUT2D eigenvalue weighted by atomic mass is 16.5. The number of hydrogen-bond acceptors (Lipinski definition) is 4. The molecule has 0 aliphatic carbocycles. The molecule has 0 aromatic heterocycles. The molecule has 116 valence electrons. The van der Waals surface area contributed by atoms with Crippen molar-refractivity contribution in [3.63, 3.8) is 0 Å². The first-order valence-corrected chi connectivity index (χ1v) is 8.52. The third-order valence-corrected chi connectivity index (χ3v) is 5.40. The van der Waals surface area contributed by atoms with E-state index >= 15 is 0 Å². The SMILES string of the molecule is C1CC(C2CCN(CCN3CCOCC3)CC2)CCO1. The van der Waals surface area contributed by atoms with Gasteiger partial charge in [0.1, 0.15) is 0 Å². The summed E-state index contributed by atoms with van der Waals surface area (Å²) in [7, 11) is 0. The van der Waals surface area contributed by atoms with E-state index in [0.717, 1.165) is 51.4 Å². The molecule has 3 aliphatic rings. The lowest BCUT2D eigenvalue weighted by Crippen LogP contribution is -2.44. The summed E-state index contributed by atoms with van der Waals surface area (Å²) in [5.41, 5.74) is 0. The quantitative estimate of drug-likeness (QED) is 0.779. The van der Waals surface area contributed by atoms with Gasteiger partial charge in [0.25, 0.3) is 0 Å². The molecule has 3 fully saturated rings. The largest absolute Gasteiger partial charge is 0.381 e. The van der Waals surface area contributed by atoms with Crippen LogP contribution >= 0.6 is 0 Å². The van der Waals surface area contributed by atoms with E-state index < -0.39 is 0 Å². The maximum atomic E-state index is 5.49. The van der Waals surface area contributed by atoms with Crippen LogP contribution in [0.3, 0.4) is 0 Å². The van der Waals surface area contributed by atoms with Crippen LogP contribution < -0.4 is 0 Å². The first-order valence-electron chi connectivity index (χ1n) is 8.52. The molecule has 3 aliphatic heterocycles. The fraction of sp³-hybridized carbons (Fsp3) is 1.00. The summed E-state index contributed by atoms with van der Waals surface area (Å²) < 4.78 is 10.9. The van der Waals surface area contributed by atoms with Crippen molar-refractivity contribution in [3.05, 3.63) is 0 Å². The molecule has 3 rings (SSSR count). The summed E-state index contributed by atoms with van der Waals surface area (Å²) in [5, 5.41) is 0. The van der Waals surface area contributed by atoms with Crippen LogP contribution in [0.5, 0.6) is 0 Å². The Morgan fingerprint density at radius 3 is 1.75 bits per heavy atom. The van der Waals surface area contributed by atoms with E-state index in [-0.39, 0.29) is 0 Å². The fourth-order valence-electron chi connectivity index (χ4n) is 3.94. The van der Waals surface area contributed by atoms with Gasteiger partial charge in [0.2, 0.25) is 0 Å². The number of piperidine rings is 1. The monoisotopic (exact) mass is 282 g/mol. The van der Waals surface area contributed by atoms with Gasteiger partial charge in [0, 0.05) is 39.4 Å². The lowest BCUT2D eigenvalue weighted by atomic mass is 9.80. The molecular weight excluding hydrogens is 252 g/mol. The van der Waals surface area contributed by atoms with Crippen molar-refractivity contribution in [2.45, 2.75) is 25.7 Å². The minimum Gasteiger partial charge on any atom is -0.381 e. The van der Waals surface area contributed by atoms with E-state index in [9.17, 15) is 0 Å². The van der Waals surface area contributed by atoms with Gasteiger partial charge in [-0.1, -0.05) is 0 Å². The van der Waals surface area contributed by atoms with E-state index in [4.69, 9.17) is 9.47 Å². The van der Waals surface area contributed by atoms with Gasteiger partial charge in [-0.2, -0.15) is 0 Å². The van der Waals surface area contributed by atoms with Crippen molar-refractivity contribution in [3.8, 4) is 0 Å². The maximum Gasteiger partial charge on any atom is 0.0594 e. The first kappa shape index (κ1) is 14.8. The summed E-state index contributed by atoms with van der Waals surface area (Å²) in [6.07, 6.45) is 5.43. The summed E-state index contributed by atoms with van der Waals surface area (Å²) in [6.45, 7) is 11.2. The van der Waals surface area contributed by atoms with Gasteiger partial charge >= 0.3 is 0 Å². The maximum absolute atomic E-state index is 5.49. The number of rotatable bonds is 4. The Morgan fingerprint density at radius 2 is 1.10 bits per heavy atom. The van der Waals surface area contributed by atoms with E-state index in [1.54, 1.807) is 0 Å². The van der Waals surface area contributed by atoms with Crippen LogP contribution in [0.15, 0.2) is 0 Å². The van der Waals surface area contributed by atoms with Gasteiger partial charge in [-0.3, -0.25) is 4.90 Å². The lowest BCUT2D eigenvalue weighted by Gasteiger charge is -2.38. The number of hydrogen-bond donors (Lipinski definition) is 0. The molecule has 0 radical (unpaired) electrons. The highest BCUT2D eigenvalue weighted by Gasteiger charge is 2.27. The molecule has 20 heavy (non-hydrogen) atoms. The number of ether oxygens (including phenoxy) is 2. The van der Waals surface area contributed by atoms with E-state index in [2.05, 4.69) is 9.80 Å². The zero-order chi connectivity index (χ0) is 13.6. The zero-order valence-electron chi connectivity index (χ0n) is 12.8. The van der Waals surface area contributed by atoms with Crippen molar-refractivity contribution in [2.24, 2.45) is 11.8 Å². The Hall–Kier alpha value is -0.160. The van der Waals surface area contributed by atoms with Crippen LogP contribution in [0, 0.1) is 11.8 Å². The minimum atomic E-state index is 0.922. The molecule has 0 spiro atoms. The van der Waals surface area contributed by atoms with Crippen LogP contribution in [0.1, 0.15) is 25.7 Å². The molecule has 0 atom stereocenters. The molecule has 4 heteroatoms. The number of likely N-dealkylation sites (tertiary alicyclic amines) is 1. The molecular formula is C16H30N2O2. The molecule has 0 bridgehead atoms. The van der Waals surface area contributed by atoms with Crippen molar-refractivity contribution in [2.75, 3.05) is 65.7 Å². The van der Waals surface area contributed by atoms with Crippen LogP contribution in [0.2, 0.25) is 0 Å². The predicted octanol–water partition coefficient (Wildman–Crippen LogP) is 1.46. The summed E-state index contributed by atoms with van der Waals surface area (Å²) >= 11 is 0. The Balaban J connectivity index is 1.33. The molecule has 0 unspecified atom stereocenters. The smallest absolute Gasteiger partial charge is 0.0594 e. The van der Waals surface area contributed by atoms with Crippen molar-refractivity contribution < 1.29 is 9.47 Å². The van der Waals surface area contributed by atoms with Gasteiger partial charge < -0.3 is 14.4 Å². The van der Waals surface area contributed by atoms with Gasteiger partial charge in [0.05, 0.1) is 13.2 Å². The zero-order valence-corrected chi connectivity index (χ0v) is 12.8. The summed E-state index contributed by atoms with van der Waals surface area (Å²) in [4.78, 5) is 5.22. The first-order chi connectivity index (χ1) is 9.92. The lowest BCUT2D eigenvalue weighted by molar-refractivity contribution is 0.0205. The molecule has 0 N–H and O–H groups in total. The standard InChI is InChI=1S/C16H30N2O2/c1-5-17(7-8-18-9-13-20-14-10-18)6-2-15(1)16-3-11-19-12-4-16/h15-16H,1-14H2. The molecule has 0 aromatic rings. The van der Waals surface area contributed by atoms with Crippen molar-refractivity contribution in [1.82, 2.24) is 9.80 Å². The minimum absolute atomic E-state index is 0.922. The van der Waals surface area contributed by atoms with Gasteiger partial charge in [-0.25, -0.2) is 0 Å². The second-order valence-corrected chi connectivity index (χ2v) is 6.58. The van der Waals surface area contributed by atoms with E-state index in [1.807, 2.05) is 0 Å². The van der Waals surface area contributed by atoms with Crippen molar-refractivity contribution >= 4 is 0 Å². The van der Waals surface area contributed by atoms with Crippen LogP contribution in [-0.4, -0.2) is 75.5 Å². The van der Waals surface area contributed by atoms with E-state index in [1.165, 1.54) is 51.9 Å². The molecule has 3 heterocycles. The summed E-state index contributed by atoms with van der Waals surface area (Å²) in [5.74, 6) is 1.92. The Labute approximate surface area is 123 Å². The number of morpholine rings is 1. The molecule has 4 nitrogen and oxygen atoms in total. The number of nitrogens with zero attached hydrogens (tertiary/aromatic N) is 2. The second-order valence-electron chi connectivity index (χ2n) is 6.58. The van der Waals surface area contributed by atoms with Gasteiger partial charge in [0.15, 0.2) is 0 Å². The molecule has 0 saturated carbocycles. The fourth-order valence-corrected chi connectivity index (χ4v) is 3.94. The van der Waals surface area contributed by atoms with Crippen LogP contribution in [0.4, 0.5) is 0 Å². The average Bonchev–Trinajstić information content (AvgIpc) is 2.55. The topological polar surface area (TPSA) is 24.9 Å². The third-order valence-electron chi connectivity index (χ3n) is 5.40. The Bertz CT molecular complexity index is 268. The Morgan fingerprint density at radius 1 is 0.600 bits per heavy atom. The third kappa shape index (κ3) is 4.17. The summed E-state index contributed by atoms with van der Waals surface area (Å²) in [6, 6.07) is 0. The van der Waals surface area contributed by atoms with Crippen LogP contribution in [0.25, 0.3) is 0 Å². The molecule has 0 aromatic carbocycles. The Kier molecular flexibility index (Phi) is 5.71. The average molecular weight is 282 g/mol. The second kappa shape index (κ2) is 7.74. The molecule has 0 amide bonds. The van der Waals surface area contributed by atoms with Crippen molar-refractivity contribution in [1.29, 1.82) is 0 Å². The van der Waals surface area contributed by atoms with Crippen LogP contribution in [-0.2, 0) is 9.47 Å². The van der Waals surface area contributed by atoms with Gasteiger partial charge in [-0.05, 0) is 50.6 Å². The predicted molar refractivity (Wildman–Crippen MR) is 80.0 cm³/mol.